The van der Waals surface area contributed by atoms with Crippen molar-refractivity contribution in [3.63, 3.8) is 0 Å². The Bertz CT molecular complexity index is 504. The molecule has 0 spiro atoms. The average Bonchev–Trinajstić information content (AvgIpc) is 2.86. The van der Waals surface area contributed by atoms with E-state index in [1.807, 2.05) is 7.05 Å². The second-order valence-electron chi connectivity index (χ2n) is 5.09. The van der Waals surface area contributed by atoms with Crippen molar-refractivity contribution in [2.24, 2.45) is 0 Å². The lowest BCUT2D eigenvalue weighted by atomic mass is 10.2. The highest BCUT2D eigenvalue weighted by Crippen LogP contribution is 2.02. The second-order valence-corrected chi connectivity index (χ2v) is 5.09. The molecule has 5 nitrogen and oxygen atoms in total. The molecule has 108 valence electrons. The number of quaternary nitrogens is 1. The highest BCUT2D eigenvalue weighted by Gasteiger charge is 2.33. The van der Waals surface area contributed by atoms with Gasteiger partial charge in [-0.1, -0.05) is 12.1 Å². The van der Waals surface area contributed by atoms with Crippen molar-refractivity contribution in [2.75, 3.05) is 20.1 Å². The molecule has 1 heterocycles. The van der Waals surface area contributed by atoms with Gasteiger partial charge in [-0.25, -0.2) is 9.18 Å². The maximum atomic E-state index is 12.8. The van der Waals surface area contributed by atoms with Crippen LogP contribution in [0, 0.1) is 5.82 Å². The van der Waals surface area contributed by atoms with Gasteiger partial charge < -0.3 is 10.2 Å². The Morgan fingerprint density at radius 3 is 2.65 bits per heavy atom. The van der Waals surface area contributed by atoms with Crippen molar-refractivity contribution in [3.05, 3.63) is 35.6 Å². The van der Waals surface area contributed by atoms with Crippen LogP contribution < -0.4 is 10.2 Å². The minimum Gasteiger partial charge on any atom is -0.336 e. The predicted molar refractivity (Wildman–Crippen MR) is 71.6 cm³/mol. The smallest absolute Gasteiger partial charge is 0.324 e. The summed E-state index contributed by atoms with van der Waals surface area (Å²) in [6, 6.07) is 5.57. The zero-order valence-corrected chi connectivity index (χ0v) is 11.6. The number of urea groups is 1. The molecular formula is C14H19FN3O2+. The number of nitrogens with zero attached hydrogens (tertiary/aromatic N) is 1. The summed E-state index contributed by atoms with van der Waals surface area (Å²) in [5.41, 5.74) is 0.953. The van der Waals surface area contributed by atoms with Gasteiger partial charge in [0.2, 0.25) is 0 Å². The molecular weight excluding hydrogens is 261 g/mol. The minimum atomic E-state index is -0.330. The van der Waals surface area contributed by atoms with E-state index < -0.39 is 0 Å². The molecule has 0 saturated carbocycles. The molecule has 1 aromatic carbocycles. The van der Waals surface area contributed by atoms with E-state index in [1.165, 1.54) is 17.0 Å². The zero-order valence-electron chi connectivity index (χ0n) is 11.6. The third kappa shape index (κ3) is 3.14. The minimum absolute atomic E-state index is 0.181. The van der Waals surface area contributed by atoms with Crippen LogP contribution in [0.3, 0.4) is 0 Å². The van der Waals surface area contributed by atoms with Crippen molar-refractivity contribution < 1.29 is 18.9 Å². The molecule has 1 fully saturated rings. The molecule has 6 heteroatoms. The van der Waals surface area contributed by atoms with Gasteiger partial charge in [0.15, 0.2) is 6.04 Å². The van der Waals surface area contributed by atoms with Gasteiger partial charge in [-0.15, -0.1) is 0 Å². The molecule has 1 aliphatic rings. The van der Waals surface area contributed by atoms with Crippen LogP contribution in [0.4, 0.5) is 9.18 Å². The van der Waals surface area contributed by atoms with E-state index in [2.05, 4.69) is 5.32 Å². The molecule has 0 bridgehead atoms. The lowest BCUT2D eigenvalue weighted by Crippen LogP contribution is -3.12. The summed E-state index contributed by atoms with van der Waals surface area (Å²) in [4.78, 5) is 25.9. The summed E-state index contributed by atoms with van der Waals surface area (Å²) < 4.78 is 12.8. The van der Waals surface area contributed by atoms with Crippen molar-refractivity contribution in [1.29, 1.82) is 0 Å². The first kappa shape index (κ1) is 14.5. The third-order valence-corrected chi connectivity index (χ3v) is 3.63. The standard InChI is InChI=1S/C14H18FN3O2/c1-10(13(19)18-8-7-16-14(18)20)17(2)9-11-3-5-12(15)6-4-11/h3-6,10H,7-9H2,1-2H3,(H,16,20)/p+1/t10-/m1/s1. The van der Waals surface area contributed by atoms with Crippen molar-refractivity contribution in [2.45, 2.75) is 19.5 Å². The number of hydrogen-bond acceptors (Lipinski definition) is 2. The van der Waals surface area contributed by atoms with Gasteiger partial charge in [-0.05, 0) is 19.1 Å². The molecule has 1 aromatic rings. The van der Waals surface area contributed by atoms with Gasteiger partial charge in [0.25, 0.3) is 5.91 Å². The summed E-state index contributed by atoms with van der Waals surface area (Å²) in [6.07, 6.45) is 0. The molecule has 2 rings (SSSR count). The fourth-order valence-corrected chi connectivity index (χ4v) is 2.20. The molecule has 3 amide bonds. The maximum absolute atomic E-state index is 12.8. The highest BCUT2D eigenvalue weighted by atomic mass is 19.1. The Labute approximate surface area is 117 Å². The molecule has 0 aliphatic carbocycles. The molecule has 20 heavy (non-hydrogen) atoms. The van der Waals surface area contributed by atoms with E-state index in [1.54, 1.807) is 19.1 Å². The summed E-state index contributed by atoms with van der Waals surface area (Å²) in [7, 11) is 1.89. The Morgan fingerprint density at radius 2 is 2.10 bits per heavy atom. The first-order chi connectivity index (χ1) is 9.49. The van der Waals surface area contributed by atoms with E-state index in [0.717, 1.165) is 10.5 Å². The lowest BCUT2D eigenvalue weighted by molar-refractivity contribution is -0.908. The zero-order chi connectivity index (χ0) is 14.7. The largest absolute Gasteiger partial charge is 0.336 e. The number of rotatable bonds is 4. The van der Waals surface area contributed by atoms with Crippen LogP contribution in [0.15, 0.2) is 24.3 Å². The quantitative estimate of drug-likeness (QED) is 0.801. The van der Waals surface area contributed by atoms with Crippen LogP contribution in [0.5, 0.6) is 0 Å². The number of likely N-dealkylation sites (N-methyl/N-ethyl adjacent to an activating group) is 1. The number of halogens is 1. The van der Waals surface area contributed by atoms with Crippen molar-refractivity contribution in [3.8, 4) is 0 Å². The third-order valence-electron chi connectivity index (χ3n) is 3.63. The van der Waals surface area contributed by atoms with Crippen LogP contribution in [0.2, 0.25) is 0 Å². The molecule has 1 saturated heterocycles. The number of imide groups is 1. The van der Waals surface area contributed by atoms with Crippen LogP contribution in [-0.2, 0) is 11.3 Å². The van der Waals surface area contributed by atoms with Gasteiger partial charge in [-0.3, -0.25) is 9.69 Å². The molecule has 2 atom stereocenters. The highest BCUT2D eigenvalue weighted by molar-refractivity contribution is 5.97. The molecule has 1 unspecified atom stereocenters. The Morgan fingerprint density at radius 1 is 1.45 bits per heavy atom. The first-order valence-corrected chi connectivity index (χ1v) is 6.65. The first-order valence-electron chi connectivity index (χ1n) is 6.65. The van der Waals surface area contributed by atoms with Crippen molar-refractivity contribution >= 4 is 11.9 Å². The predicted octanol–water partition coefficient (Wildman–Crippen LogP) is -0.219. The Balaban J connectivity index is 1.97. The SMILES string of the molecule is C[C@H](C(=O)N1CCNC1=O)[NH+](C)Cc1ccc(F)cc1. The molecule has 0 radical (unpaired) electrons. The van der Waals surface area contributed by atoms with Crippen molar-refractivity contribution in [1.82, 2.24) is 10.2 Å². The number of carbonyl (C=O) groups is 2. The Hall–Kier alpha value is -1.95. The fraction of sp³-hybridized carbons (Fsp3) is 0.429. The summed E-state index contributed by atoms with van der Waals surface area (Å²) >= 11 is 0. The van der Waals surface area contributed by atoms with Crippen LogP contribution >= 0.6 is 0 Å². The normalized spacial score (nSPS) is 17.8. The van der Waals surface area contributed by atoms with E-state index in [0.29, 0.717) is 19.6 Å². The van der Waals surface area contributed by atoms with E-state index >= 15 is 0 Å². The molecule has 0 aromatic heterocycles. The number of amides is 3. The summed E-state index contributed by atoms with van der Waals surface area (Å²) in [6.45, 7) is 3.33. The second kappa shape index (κ2) is 6.00. The number of carbonyl (C=O) groups excluding carboxylic acids is 2. The van der Waals surface area contributed by atoms with Gasteiger partial charge in [-0.2, -0.15) is 0 Å². The molecule has 1 aliphatic heterocycles. The number of nitrogens with one attached hydrogen (secondary N) is 2. The van der Waals surface area contributed by atoms with E-state index in [4.69, 9.17) is 0 Å². The van der Waals surface area contributed by atoms with Gasteiger partial charge in [0.05, 0.1) is 7.05 Å². The van der Waals surface area contributed by atoms with Gasteiger partial charge >= 0.3 is 6.03 Å². The van der Waals surface area contributed by atoms with Gasteiger partial charge in [0.1, 0.15) is 12.4 Å². The molecule has 2 N–H and O–H groups in total. The van der Waals surface area contributed by atoms with Crippen LogP contribution in [0.1, 0.15) is 12.5 Å². The summed E-state index contributed by atoms with van der Waals surface area (Å²) in [5.74, 6) is -0.455. The van der Waals surface area contributed by atoms with E-state index in [9.17, 15) is 14.0 Å². The number of hydrogen-bond donors (Lipinski definition) is 2. The Kier molecular flexibility index (Phi) is 4.34. The van der Waals surface area contributed by atoms with Crippen LogP contribution in [-0.4, -0.2) is 43.0 Å². The number of benzene rings is 1. The fourth-order valence-electron chi connectivity index (χ4n) is 2.20. The van der Waals surface area contributed by atoms with E-state index in [-0.39, 0.29) is 23.8 Å². The summed E-state index contributed by atoms with van der Waals surface area (Å²) in [5, 5.41) is 2.62. The maximum Gasteiger partial charge on any atom is 0.324 e. The monoisotopic (exact) mass is 280 g/mol. The average molecular weight is 280 g/mol. The topological polar surface area (TPSA) is 53.9 Å². The lowest BCUT2D eigenvalue weighted by Gasteiger charge is -2.23. The van der Waals surface area contributed by atoms with Gasteiger partial charge in [0, 0.05) is 18.7 Å². The van der Waals surface area contributed by atoms with Crippen LogP contribution in [0.25, 0.3) is 0 Å².